The lowest BCUT2D eigenvalue weighted by Crippen LogP contribution is -2.12. The van der Waals surface area contributed by atoms with Crippen molar-refractivity contribution in [2.24, 2.45) is 0 Å². The van der Waals surface area contributed by atoms with E-state index in [1.165, 1.54) is 0 Å². The molecule has 7 heteroatoms. The average molecular weight is 451 g/mol. The maximum absolute atomic E-state index is 11.6. The fourth-order valence-corrected chi connectivity index (χ4v) is 3.43. The van der Waals surface area contributed by atoms with Gasteiger partial charge in [-0.15, -0.1) is 11.8 Å². The van der Waals surface area contributed by atoms with E-state index in [0.717, 1.165) is 32.8 Å². The Morgan fingerprint density at radius 3 is 2.48 bits per heavy atom. The molecule has 128 valence electrons. The first-order valence-electron chi connectivity index (χ1n) is 7.65. The number of carbonyl (C=O) groups is 1. The first kappa shape index (κ1) is 19.0. The number of thioether (sulfide) groups is 1. The Morgan fingerprint density at radius 1 is 1.04 bits per heavy atom. The predicted octanol–water partition coefficient (Wildman–Crippen LogP) is 2.51. The Labute approximate surface area is 155 Å². The van der Waals surface area contributed by atoms with E-state index >= 15 is 0 Å². The van der Waals surface area contributed by atoms with E-state index < -0.39 is 0 Å². The van der Waals surface area contributed by atoms with Gasteiger partial charge in [-0.25, -0.2) is 0 Å². The molecule has 0 bridgehead atoms. The number of rotatable bonds is 12. The molecular formula is C16H22INO4S. The molecular weight excluding hydrogens is 429 g/mol. The van der Waals surface area contributed by atoms with Crippen molar-refractivity contribution in [3.63, 3.8) is 0 Å². The third-order valence-electron chi connectivity index (χ3n) is 3.25. The Bertz CT molecular complexity index is 501. The van der Waals surface area contributed by atoms with Gasteiger partial charge in [-0.05, 0) is 17.7 Å². The van der Waals surface area contributed by atoms with Crippen LogP contribution >= 0.6 is 34.4 Å². The van der Waals surface area contributed by atoms with Gasteiger partial charge in [-0.3, -0.25) is 4.79 Å². The summed E-state index contributed by atoms with van der Waals surface area (Å²) < 4.78 is 17.3. The summed E-state index contributed by atoms with van der Waals surface area (Å²) in [5.74, 6) is 0.891. The standard InChI is InChI=1S/C16H22INO4S/c17-4-5-20-6-7-21-8-9-22-10-11-23-15-3-1-2-13-14(15)12-18-16(13)19/h1-3H,4-12H2,(H,18,19). The second kappa shape index (κ2) is 11.2. The highest BCUT2D eigenvalue weighted by Crippen LogP contribution is 2.28. The number of ether oxygens (including phenoxy) is 3. The molecule has 0 radical (unpaired) electrons. The molecule has 1 aromatic carbocycles. The van der Waals surface area contributed by atoms with Crippen molar-refractivity contribution in [1.29, 1.82) is 0 Å². The van der Waals surface area contributed by atoms with Crippen LogP contribution in [-0.4, -0.2) is 55.7 Å². The summed E-state index contributed by atoms with van der Waals surface area (Å²) in [5.41, 5.74) is 1.91. The maximum atomic E-state index is 11.6. The minimum atomic E-state index is 0.0262. The number of carbonyl (C=O) groups excluding carboxylic acids is 1. The van der Waals surface area contributed by atoms with Crippen LogP contribution in [0.1, 0.15) is 15.9 Å². The SMILES string of the molecule is O=C1NCc2c(SCCOCCOCCOCCI)cccc21. The molecule has 5 nitrogen and oxygen atoms in total. The molecule has 0 aliphatic carbocycles. The van der Waals surface area contributed by atoms with Crippen molar-refractivity contribution < 1.29 is 19.0 Å². The molecule has 0 saturated carbocycles. The molecule has 0 atom stereocenters. The Morgan fingerprint density at radius 2 is 1.74 bits per heavy atom. The topological polar surface area (TPSA) is 56.8 Å². The van der Waals surface area contributed by atoms with Gasteiger partial charge < -0.3 is 19.5 Å². The van der Waals surface area contributed by atoms with Crippen molar-refractivity contribution >= 4 is 40.3 Å². The molecule has 1 aliphatic rings. The van der Waals surface area contributed by atoms with Crippen molar-refractivity contribution in [1.82, 2.24) is 5.32 Å². The molecule has 0 saturated heterocycles. The van der Waals surface area contributed by atoms with E-state index in [9.17, 15) is 4.79 Å². The Hall–Kier alpha value is -0.350. The van der Waals surface area contributed by atoms with E-state index in [-0.39, 0.29) is 5.91 Å². The molecule has 0 aromatic heterocycles. The van der Waals surface area contributed by atoms with Crippen LogP contribution in [0.25, 0.3) is 0 Å². The number of benzene rings is 1. The third kappa shape index (κ3) is 6.58. The molecule has 23 heavy (non-hydrogen) atoms. The summed E-state index contributed by atoms with van der Waals surface area (Å²) in [7, 11) is 0. The fraction of sp³-hybridized carbons (Fsp3) is 0.562. The molecule has 1 aliphatic heterocycles. The lowest BCUT2D eigenvalue weighted by Gasteiger charge is -2.08. The number of hydrogen-bond donors (Lipinski definition) is 1. The molecule has 1 N–H and O–H groups in total. The number of alkyl halides is 1. The highest BCUT2D eigenvalue weighted by atomic mass is 127. The van der Waals surface area contributed by atoms with Gasteiger partial charge in [0, 0.05) is 27.2 Å². The largest absolute Gasteiger partial charge is 0.378 e. The number of hydrogen-bond acceptors (Lipinski definition) is 5. The minimum absolute atomic E-state index is 0.0262. The molecule has 1 amide bonds. The van der Waals surface area contributed by atoms with Gasteiger partial charge >= 0.3 is 0 Å². The van der Waals surface area contributed by atoms with Crippen LogP contribution in [0.3, 0.4) is 0 Å². The minimum Gasteiger partial charge on any atom is -0.378 e. The van der Waals surface area contributed by atoms with Gasteiger partial charge in [0.25, 0.3) is 5.91 Å². The quantitative estimate of drug-likeness (QED) is 0.229. The summed E-state index contributed by atoms with van der Waals surface area (Å²) in [6.45, 7) is 4.53. The highest BCUT2D eigenvalue weighted by Gasteiger charge is 2.20. The number of nitrogens with one attached hydrogen (secondary N) is 1. The summed E-state index contributed by atoms with van der Waals surface area (Å²) in [4.78, 5) is 12.8. The molecule has 1 aromatic rings. The third-order valence-corrected chi connectivity index (χ3v) is 4.76. The summed E-state index contributed by atoms with van der Waals surface area (Å²) in [6.07, 6.45) is 0. The molecule has 1 heterocycles. The van der Waals surface area contributed by atoms with E-state index in [1.54, 1.807) is 11.8 Å². The Kier molecular flexibility index (Phi) is 9.28. The van der Waals surface area contributed by atoms with Gasteiger partial charge in [0.1, 0.15) is 0 Å². The number of halogens is 1. The average Bonchev–Trinajstić information content (AvgIpc) is 2.95. The smallest absolute Gasteiger partial charge is 0.251 e. The normalized spacial score (nSPS) is 13.2. The second-order valence-electron chi connectivity index (χ2n) is 4.84. The van der Waals surface area contributed by atoms with Gasteiger partial charge in [-0.1, -0.05) is 28.7 Å². The van der Waals surface area contributed by atoms with E-state index in [0.29, 0.717) is 39.6 Å². The first-order chi connectivity index (χ1) is 11.3. The van der Waals surface area contributed by atoms with Gasteiger partial charge in [0.15, 0.2) is 0 Å². The van der Waals surface area contributed by atoms with Crippen LogP contribution < -0.4 is 5.32 Å². The summed E-state index contributed by atoms with van der Waals surface area (Å²) in [5, 5.41) is 2.86. The first-order valence-corrected chi connectivity index (χ1v) is 10.2. The van der Waals surface area contributed by atoms with Gasteiger partial charge in [-0.2, -0.15) is 0 Å². The zero-order valence-electron chi connectivity index (χ0n) is 13.0. The summed E-state index contributed by atoms with van der Waals surface area (Å²) >= 11 is 4.01. The Balaban J connectivity index is 1.51. The van der Waals surface area contributed by atoms with Crippen molar-refractivity contribution in [2.75, 3.05) is 49.8 Å². The molecule has 2 rings (SSSR count). The van der Waals surface area contributed by atoms with Crippen molar-refractivity contribution in [2.45, 2.75) is 11.4 Å². The second-order valence-corrected chi connectivity index (χ2v) is 7.06. The van der Waals surface area contributed by atoms with Crippen LogP contribution in [0.15, 0.2) is 23.1 Å². The lowest BCUT2D eigenvalue weighted by molar-refractivity contribution is 0.0208. The zero-order chi connectivity index (χ0) is 16.3. The zero-order valence-corrected chi connectivity index (χ0v) is 16.0. The van der Waals surface area contributed by atoms with Crippen LogP contribution in [0.2, 0.25) is 0 Å². The van der Waals surface area contributed by atoms with Crippen molar-refractivity contribution in [3.8, 4) is 0 Å². The number of amides is 1. The fourth-order valence-electron chi connectivity index (χ4n) is 2.17. The van der Waals surface area contributed by atoms with Crippen LogP contribution in [0.4, 0.5) is 0 Å². The van der Waals surface area contributed by atoms with Gasteiger partial charge in [0.05, 0.1) is 39.6 Å². The van der Waals surface area contributed by atoms with Crippen LogP contribution in [0.5, 0.6) is 0 Å². The predicted molar refractivity (Wildman–Crippen MR) is 99.7 cm³/mol. The lowest BCUT2D eigenvalue weighted by atomic mass is 10.1. The van der Waals surface area contributed by atoms with Crippen LogP contribution in [0, 0.1) is 0 Å². The summed E-state index contributed by atoms with van der Waals surface area (Å²) in [6, 6.07) is 5.86. The maximum Gasteiger partial charge on any atom is 0.251 e. The van der Waals surface area contributed by atoms with Gasteiger partial charge in [0.2, 0.25) is 0 Å². The molecule has 0 unspecified atom stereocenters. The van der Waals surface area contributed by atoms with E-state index in [1.807, 2.05) is 12.1 Å². The van der Waals surface area contributed by atoms with Crippen molar-refractivity contribution in [3.05, 3.63) is 29.3 Å². The molecule has 0 fully saturated rings. The van der Waals surface area contributed by atoms with E-state index in [2.05, 4.69) is 34.0 Å². The molecule has 0 spiro atoms. The highest BCUT2D eigenvalue weighted by molar-refractivity contribution is 14.1. The van der Waals surface area contributed by atoms with Crippen LogP contribution in [-0.2, 0) is 20.8 Å². The number of fused-ring (bicyclic) bond motifs is 1. The monoisotopic (exact) mass is 451 g/mol. The van der Waals surface area contributed by atoms with E-state index in [4.69, 9.17) is 14.2 Å².